The summed E-state index contributed by atoms with van der Waals surface area (Å²) in [5.74, 6) is 0.0429. The van der Waals surface area contributed by atoms with Crippen molar-refractivity contribution in [3.8, 4) is 0 Å². The second kappa shape index (κ2) is 11.7. The lowest BCUT2D eigenvalue weighted by atomic mass is 9.42. The van der Waals surface area contributed by atoms with Gasteiger partial charge in [-0.15, -0.1) is 0 Å². The fourth-order valence-electron chi connectivity index (χ4n) is 9.77. The molecule has 0 bridgehead atoms. The molecule has 3 heteroatoms. The topological polar surface area (TPSA) is 51.2 Å². The number of ketones is 3. The Morgan fingerprint density at radius 1 is 0.936 bits per heavy atom. The number of fused-ring (bicyclic) bond motifs is 3. The highest BCUT2D eigenvalue weighted by molar-refractivity contribution is 6.24. The van der Waals surface area contributed by atoms with Gasteiger partial charge in [0.1, 0.15) is 0 Å². The Morgan fingerprint density at radius 3 is 2.09 bits per heavy atom. The quantitative estimate of drug-likeness (QED) is 0.225. The van der Waals surface area contributed by atoms with Gasteiger partial charge in [-0.1, -0.05) is 102 Å². The first-order valence-corrected chi connectivity index (χ1v) is 17.6. The molecule has 3 nitrogen and oxygen atoms in total. The molecule has 0 radical (unpaired) electrons. The summed E-state index contributed by atoms with van der Waals surface area (Å²) < 4.78 is 0. The van der Waals surface area contributed by atoms with E-state index in [1.165, 1.54) is 29.2 Å². The Labute approximate surface area is 284 Å². The summed E-state index contributed by atoms with van der Waals surface area (Å²) in [5, 5.41) is 0. The molecule has 3 unspecified atom stereocenters. The van der Waals surface area contributed by atoms with Crippen LogP contribution in [0.4, 0.5) is 0 Å². The van der Waals surface area contributed by atoms with Crippen LogP contribution >= 0.6 is 0 Å². The van der Waals surface area contributed by atoms with E-state index in [0.29, 0.717) is 18.4 Å². The lowest BCUT2D eigenvalue weighted by Gasteiger charge is -2.59. The van der Waals surface area contributed by atoms with Crippen molar-refractivity contribution in [1.29, 1.82) is 0 Å². The maximum Gasteiger partial charge on any atom is 0.190 e. The van der Waals surface area contributed by atoms with Crippen LogP contribution in [0.15, 0.2) is 64.8 Å². The molecule has 2 aromatic rings. The number of hydrogen-bond acceptors (Lipinski definition) is 3. The van der Waals surface area contributed by atoms with Crippen LogP contribution in [0.2, 0.25) is 0 Å². The predicted octanol–water partition coefficient (Wildman–Crippen LogP) is 10.4. The van der Waals surface area contributed by atoms with Gasteiger partial charge in [-0.25, -0.2) is 0 Å². The minimum absolute atomic E-state index is 0.0688. The van der Waals surface area contributed by atoms with Gasteiger partial charge >= 0.3 is 0 Å². The molecule has 0 spiro atoms. The third-order valence-electron chi connectivity index (χ3n) is 12.0. The zero-order valence-electron chi connectivity index (χ0n) is 31.1. The van der Waals surface area contributed by atoms with Crippen molar-refractivity contribution in [1.82, 2.24) is 0 Å². The van der Waals surface area contributed by atoms with Gasteiger partial charge in [0.15, 0.2) is 17.3 Å². The van der Waals surface area contributed by atoms with Crippen LogP contribution in [-0.4, -0.2) is 17.3 Å². The van der Waals surface area contributed by atoms with Crippen LogP contribution in [0.1, 0.15) is 139 Å². The van der Waals surface area contributed by atoms with Crippen LogP contribution < -0.4 is 0 Å². The van der Waals surface area contributed by atoms with Crippen LogP contribution in [0, 0.1) is 28.6 Å². The van der Waals surface area contributed by atoms with Crippen LogP contribution in [0.3, 0.4) is 0 Å². The van der Waals surface area contributed by atoms with E-state index >= 15 is 0 Å². The van der Waals surface area contributed by atoms with Gasteiger partial charge in [-0.2, -0.15) is 0 Å². The molecule has 3 aliphatic carbocycles. The van der Waals surface area contributed by atoms with Crippen LogP contribution in [0.5, 0.6) is 0 Å². The summed E-state index contributed by atoms with van der Waals surface area (Å²) in [6.45, 7) is 29.7. The highest BCUT2D eigenvalue weighted by atomic mass is 16.2. The number of benzene rings is 2. The standard InChI is InChI=1S/C44H56O3/c1-25(2)34-20-33(19-26(3)18-31-14-16-32(17-15-31)22-41(8,9)10)28(5)37-35(34)23-42(11)24-43(12)21-27(4)36(30(7)45)40(47)44(43,13)29(6)38(42)39(37)46/h14-17,20,25H,3,18-19,21-24H2,1-2,4-13H3. The Hall–Kier alpha value is -3.33. The van der Waals surface area contributed by atoms with Crippen molar-refractivity contribution in [3.05, 3.63) is 104 Å². The molecule has 0 amide bonds. The van der Waals surface area contributed by atoms with Crippen molar-refractivity contribution < 1.29 is 14.4 Å². The Kier molecular flexibility index (Phi) is 8.69. The third-order valence-corrected chi connectivity index (χ3v) is 12.0. The summed E-state index contributed by atoms with van der Waals surface area (Å²) in [5.41, 5.74) is 10.6. The van der Waals surface area contributed by atoms with Crippen molar-refractivity contribution in [2.24, 2.45) is 21.7 Å². The van der Waals surface area contributed by atoms with Gasteiger partial charge in [0.25, 0.3) is 0 Å². The average Bonchev–Trinajstić information content (AvgIpc) is 2.92. The zero-order chi connectivity index (χ0) is 35.0. The second-order valence-electron chi connectivity index (χ2n) is 17.6. The molecule has 0 saturated carbocycles. The Morgan fingerprint density at radius 2 is 1.53 bits per heavy atom. The molecule has 3 aliphatic rings. The van der Waals surface area contributed by atoms with Crippen molar-refractivity contribution in [2.75, 3.05) is 0 Å². The summed E-state index contributed by atoms with van der Waals surface area (Å²) in [6, 6.07) is 11.3. The zero-order valence-corrected chi connectivity index (χ0v) is 31.1. The predicted molar refractivity (Wildman–Crippen MR) is 194 cm³/mol. The molecule has 0 aromatic heterocycles. The normalized spacial score (nSPS) is 26.0. The van der Waals surface area contributed by atoms with Gasteiger partial charge in [0, 0.05) is 16.6 Å². The molecular weight excluding hydrogens is 576 g/mol. The van der Waals surface area contributed by atoms with Gasteiger partial charge in [-0.05, 0) is 123 Å². The number of carbonyl (C=O) groups is 3. The van der Waals surface area contributed by atoms with Gasteiger partial charge in [0.2, 0.25) is 0 Å². The number of Topliss-reactive ketones (excluding diaryl/α,β-unsaturated/α-hetero) is 3. The minimum atomic E-state index is -0.904. The SMILES string of the molecule is C=C(Cc1ccc(CC(C)(C)C)cc1)Cc1cc(C(C)C)c2c(c1C)C(=O)C1=C(C)C3(C)C(=O)C(C(C)=O)=C(C)CC3(C)CC1(C)C2. The molecule has 0 fully saturated rings. The largest absolute Gasteiger partial charge is 0.294 e. The number of allylic oxidation sites excluding steroid dienone is 5. The summed E-state index contributed by atoms with van der Waals surface area (Å²) >= 11 is 0. The van der Waals surface area contributed by atoms with E-state index in [1.54, 1.807) is 0 Å². The molecule has 0 N–H and O–H groups in total. The Balaban J connectivity index is 1.56. The van der Waals surface area contributed by atoms with Crippen LogP contribution in [-0.2, 0) is 35.3 Å². The highest BCUT2D eigenvalue weighted by Crippen LogP contribution is 2.66. The second-order valence-corrected chi connectivity index (χ2v) is 17.6. The molecular formula is C44H56O3. The van der Waals surface area contributed by atoms with Gasteiger partial charge in [0.05, 0.1) is 11.0 Å². The number of carbonyl (C=O) groups excluding carboxylic acids is 3. The smallest absolute Gasteiger partial charge is 0.190 e. The van der Waals surface area contributed by atoms with E-state index in [9.17, 15) is 14.4 Å². The molecule has 0 heterocycles. The third kappa shape index (κ3) is 5.76. The van der Waals surface area contributed by atoms with Crippen LogP contribution in [0.25, 0.3) is 0 Å². The van der Waals surface area contributed by atoms with E-state index in [0.717, 1.165) is 64.7 Å². The Bertz CT molecular complexity index is 1770. The average molecular weight is 633 g/mol. The van der Waals surface area contributed by atoms with E-state index in [-0.39, 0.29) is 34.1 Å². The van der Waals surface area contributed by atoms with Gasteiger partial charge < -0.3 is 0 Å². The van der Waals surface area contributed by atoms with E-state index in [4.69, 9.17) is 0 Å². The molecule has 2 aromatic carbocycles. The maximum absolute atomic E-state index is 15.0. The molecule has 3 atom stereocenters. The summed E-state index contributed by atoms with van der Waals surface area (Å²) in [6.07, 6.45) is 4.74. The van der Waals surface area contributed by atoms with Crippen molar-refractivity contribution >= 4 is 17.3 Å². The molecule has 250 valence electrons. The minimum Gasteiger partial charge on any atom is -0.294 e. The van der Waals surface area contributed by atoms with E-state index in [2.05, 4.69) is 92.3 Å². The summed E-state index contributed by atoms with van der Waals surface area (Å²) in [7, 11) is 0. The lowest BCUT2D eigenvalue weighted by molar-refractivity contribution is -0.134. The molecule has 47 heavy (non-hydrogen) atoms. The first kappa shape index (κ1) is 35.0. The molecule has 0 aliphatic heterocycles. The molecule has 0 saturated heterocycles. The number of rotatable bonds is 7. The fourth-order valence-corrected chi connectivity index (χ4v) is 9.77. The number of hydrogen-bond donors (Lipinski definition) is 0. The summed E-state index contributed by atoms with van der Waals surface area (Å²) in [4.78, 5) is 41.9. The van der Waals surface area contributed by atoms with E-state index in [1.807, 2.05) is 20.8 Å². The monoisotopic (exact) mass is 632 g/mol. The highest BCUT2D eigenvalue weighted by Gasteiger charge is 2.63. The lowest BCUT2D eigenvalue weighted by Crippen LogP contribution is -2.57. The van der Waals surface area contributed by atoms with Gasteiger partial charge in [-0.3, -0.25) is 14.4 Å². The van der Waals surface area contributed by atoms with Crippen molar-refractivity contribution in [3.63, 3.8) is 0 Å². The van der Waals surface area contributed by atoms with E-state index < -0.39 is 10.8 Å². The molecule has 5 rings (SSSR count). The maximum atomic E-state index is 15.0. The fraction of sp³-hybridized carbons (Fsp3) is 0.523. The first-order chi connectivity index (χ1) is 21.6. The van der Waals surface area contributed by atoms with Crippen molar-refractivity contribution in [2.45, 2.75) is 128 Å². The first-order valence-electron chi connectivity index (χ1n) is 17.6.